The molecule has 0 atom stereocenters. The summed E-state index contributed by atoms with van der Waals surface area (Å²) in [6.45, 7) is 1.32. The first kappa shape index (κ1) is 23.4. The van der Waals surface area contributed by atoms with Crippen molar-refractivity contribution in [3.05, 3.63) is 91.4 Å². The number of rotatable bonds is 9. The van der Waals surface area contributed by atoms with E-state index in [0.717, 1.165) is 21.2 Å². The molecule has 5 nitrogen and oxygen atoms in total. The highest BCUT2D eigenvalue weighted by atomic mass is 79.9. The minimum atomic E-state index is -0.942. The molecule has 162 valence electrons. The maximum atomic E-state index is 11.0. The van der Waals surface area contributed by atoms with Crippen LogP contribution in [0.5, 0.6) is 11.5 Å². The summed E-state index contributed by atoms with van der Waals surface area (Å²) in [6.07, 6.45) is 0. The lowest BCUT2D eigenvalue weighted by Crippen LogP contribution is -2.15. The van der Waals surface area contributed by atoms with Crippen molar-refractivity contribution in [3.63, 3.8) is 0 Å². The quantitative estimate of drug-likeness (QED) is 0.342. The second kappa shape index (κ2) is 10.9. The van der Waals surface area contributed by atoms with Crippen LogP contribution in [0.25, 0.3) is 0 Å². The number of methoxy groups -OCH3 is 1. The zero-order chi connectivity index (χ0) is 22.4. The van der Waals surface area contributed by atoms with E-state index >= 15 is 0 Å². The number of benzene rings is 3. The van der Waals surface area contributed by atoms with E-state index in [1.165, 1.54) is 0 Å². The van der Waals surface area contributed by atoms with E-state index in [1.807, 2.05) is 18.2 Å². The average molecular weight is 525 g/mol. The van der Waals surface area contributed by atoms with E-state index in [2.05, 4.69) is 21.2 Å². The topological polar surface area (TPSA) is 67.8 Å². The van der Waals surface area contributed by atoms with Gasteiger partial charge >= 0.3 is 5.97 Å². The average Bonchev–Trinajstić information content (AvgIpc) is 2.75. The van der Waals surface area contributed by atoms with Crippen molar-refractivity contribution in [3.8, 4) is 11.5 Å². The molecule has 0 aliphatic rings. The fraction of sp³-hybridized carbons (Fsp3) is 0.174. The Balaban J connectivity index is 1.73. The highest BCUT2D eigenvalue weighted by Gasteiger charge is 2.15. The molecular formula is C23H20BrCl2NO4. The first-order valence-electron chi connectivity index (χ1n) is 9.34. The Morgan fingerprint density at radius 2 is 1.81 bits per heavy atom. The molecule has 0 spiro atoms. The van der Waals surface area contributed by atoms with E-state index in [0.29, 0.717) is 34.6 Å². The van der Waals surface area contributed by atoms with Crippen molar-refractivity contribution in [2.75, 3.05) is 7.11 Å². The molecule has 0 bridgehead atoms. The van der Waals surface area contributed by atoms with Crippen molar-refractivity contribution in [1.29, 1.82) is 0 Å². The van der Waals surface area contributed by atoms with Crippen LogP contribution in [0.3, 0.4) is 0 Å². The third-order valence-electron chi connectivity index (χ3n) is 4.61. The van der Waals surface area contributed by atoms with E-state index < -0.39 is 5.97 Å². The van der Waals surface area contributed by atoms with Crippen molar-refractivity contribution in [1.82, 2.24) is 5.32 Å². The SMILES string of the molecule is COc1ccc(Br)c(CNCc2ccc(C(=O)O)cc2)c1OCc1ccc(Cl)cc1Cl. The van der Waals surface area contributed by atoms with Gasteiger partial charge in [0.15, 0.2) is 11.5 Å². The lowest BCUT2D eigenvalue weighted by Gasteiger charge is -2.18. The van der Waals surface area contributed by atoms with E-state index in [9.17, 15) is 4.79 Å². The lowest BCUT2D eigenvalue weighted by molar-refractivity contribution is 0.0697. The molecule has 3 rings (SSSR count). The lowest BCUT2D eigenvalue weighted by atomic mass is 10.1. The maximum Gasteiger partial charge on any atom is 0.335 e. The van der Waals surface area contributed by atoms with Crippen molar-refractivity contribution in [2.45, 2.75) is 19.7 Å². The van der Waals surface area contributed by atoms with Gasteiger partial charge in [-0.05, 0) is 42.0 Å². The Morgan fingerprint density at radius 3 is 2.45 bits per heavy atom. The predicted octanol–water partition coefficient (Wildman–Crippen LogP) is 6.33. The molecule has 31 heavy (non-hydrogen) atoms. The Hall–Kier alpha value is -2.25. The second-order valence-electron chi connectivity index (χ2n) is 6.69. The standard InChI is InChI=1S/C23H20BrCl2NO4/c1-30-21-9-8-19(24)18(12-27-11-14-2-4-15(5-3-14)23(28)29)22(21)31-13-16-6-7-17(25)10-20(16)26/h2-10,27H,11-13H2,1H3,(H,28,29). The zero-order valence-corrected chi connectivity index (χ0v) is 19.7. The molecular weight excluding hydrogens is 505 g/mol. The molecule has 0 amide bonds. The van der Waals surface area contributed by atoms with E-state index in [-0.39, 0.29) is 12.2 Å². The predicted molar refractivity (Wildman–Crippen MR) is 125 cm³/mol. The molecule has 8 heteroatoms. The molecule has 0 aliphatic heterocycles. The molecule has 0 saturated heterocycles. The molecule has 0 radical (unpaired) electrons. The first-order valence-corrected chi connectivity index (χ1v) is 10.9. The van der Waals surface area contributed by atoms with Gasteiger partial charge in [0.25, 0.3) is 0 Å². The number of ether oxygens (including phenoxy) is 2. The van der Waals surface area contributed by atoms with Crippen molar-refractivity contribution >= 4 is 45.1 Å². The van der Waals surface area contributed by atoms with Crippen LogP contribution < -0.4 is 14.8 Å². The molecule has 2 N–H and O–H groups in total. The molecule has 0 unspecified atom stereocenters. The fourth-order valence-corrected chi connectivity index (χ4v) is 3.87. The van der Waals surface area contributed by atoms with Gasteiger partial charge in [-0.2, -0.15) is 0 Å². The number of nitrogens with one attached hydrogen (secondary N) is 1. The summed E-state index contributed by atoms with van der Waals surface area (Å²) in [4.78, 5) is 11.0. The van der Waals surface area contributed by atoms with Crippen molar-refractivity contribution < 1.29 is 19.4 Å². The molecule has 3 aromatic carbocycles. The van der Waals surface area contributed by atoms with Crippen LogP contribution in [-0.4, -0.2) is 18.2 Å². The Bertz CT molecular complexity index is 1070. The number of carboxylic acids is 1. The second-order valence-corrected chi connectivity index (χ2v) is 8.39. The number of aromatic carboxylic acids is 1. The summed E-state index contributed by atoms with van der Waals surface area (Å²) in [5.74, 6) is 0.273. The van der Waals surface area contributed by atoms with Crippen LogP contribution in [0.2, 0.25) is 10.0 Å². The highest BCUT2D eigenvalue weighted by molar-refractivity contribution is 9.10. The summed E-state index contributed by atoms with van der Waals surface area (Å²) in [5.41, 5.74) is 2.94. The monoisotopic (exact) mass is 523 g/mol. The van der Waals surface area contributed by atoms with Crippen LogP contribution in [0.15, 0.2) is 59.1 Å². The zero-order valence-electron chi connectivity index (χ0n) is 16.6. The molecule has 0 aromatic heterocycles. The largest absolute Gasteiger partial charge is 0.493 e. The normalized spacial score (nSPS) is 10.7. The summed E-state index contributed by atoms with van der Waals surface area (Å²) in [6, 6.07) is 15.8. The maximum absolute atomic E-state index is 11.0. The number of carboxylic acid groups (broad SMARTS) is 1. The number of halogens is 3. The van der Waals surface area contributed by atoms with Gasteiger partial charge in [-0.15, -0.1) is 0 Å². The van der Waals surface area contributed by atoms with E-state index in [1.54, 1.807) is 43.5 Å². The van der Waals surface area contributed by atoms with Crippen molar-refractivity contribution in [2.24, 2.45) is 0 Å². The summed E-state index contributed by atoms with van der Waals surface area (Å²) < 4.78 is 12.5. The summed E-state index contributed by atoms with van der Waals surface area (Å²) in [5, 5.41) is 13.5. The van der Waals surface area contributed by atoms with Gasteiger partial charge < -0.3 is 19.9 Å². The summed E-state index contributed by atoms with van der Waals surface area (Å²) >= 11 is 15.8. The van der Waals surface area contributed by atoms with Gasteiger partial charge in [0, 0.05) is 38.7 Å². The number of carbonyl (C=O) groups is 1. The molecule has 0 heterocycles. The van der Waals surface area contributed by atoms with Gasteiger partial charge in [0.2, 0.25) is 0 Å². The number of hydrogen-bond acceptors (Lipinski definition) is 4. The Morgan fingerprint density at radius 1 is 1.06 bits per heavy atom. The van der Waals surface area contributed by atoms with Gasteiger partial charge in [0.05, 0.1) is 12.7 Å². The molecule has 3 aromatic rings. The number of hydrogen-bond donors (Lipinski definition) is 2. The Labute approximate surface area is 199 Å². The minimum Gasteiger partial charge on any atom is -0.493 e. The highest BCUT2D eigenvalue weighted by Crippen LogP contribution is 2.37. The van der Waals surface area contributed by atoms with Crippen LogP contribution in [0, 0.1) is 0 Å². The van der Waals surface area contributed by atoms with Gasteiger partial charge in [-0.25, -0.2) is 4.79 Å². The Kier molecular flexibility index (Phi) is 8.21. The minimum absolute atomic E-state index is 0.256. The van der Waals surface area contributed by atoms with Crippen LogP contribution in [0.1, 0.15) is 27.0 Å². The summed E-state index contributed by atoms with van der Waals surface area (Å²) in [7, 11) is 1.59. The fourth-order valence-electron chi connectivity index (χ4n) is 2.95. The van der Waals surface area contributed by atoms with Gasteiger partial charge in [-0.1, -0.05) is 57.3 Å². The third-order valence-corrected chi connectivity index (χ3v) is 5.94. The molecule has 0 aliphatic carbocycles. The van der Waals surface area contributed by atoms with Crippen LogP contribution in [0.4, 0.5) is 0 Å². The van der Waals surface area contributed by atoms with Gasteiger partial charge in [-0.3, -0.25) is 0 Å². The van der Waals surface area contributed by atoms with Crippen LogP contribution in [-0.2, 0) is 19.7 Å². The molecule has 0 fully saturated rings. The van der Waals surface area contributed by atoms with Crippen LogP contribution >= 0.6 is 39.1 Å². The smallest absolute Gasteiger partial charge is 0.335 e. The third kappa shape index (κ3) is 6.14. The molecule has 0 saturated carbocycles. The van der Waals surface area contributed by atoms with Gasteiger partial charge in [0.1, 0.15) is 6.61 Å². The first-order chi connectivity index (χ1) is 14.9. The van der Waals surface area contributed by atoms with E-state index in [4.69, 9.17) is 37.8 Å².